The average Bonchev–Trinajstić information content (AvgIpc) is 2.71. The number of ketones is 1. The van der Waals surface area contributed by atoms with Gasteiger partial charge < -0.3 is 10.2 Å². The molecule has 0 aliphatic carbocycles. The molecule has 0 unspecified atom stereocenters. The molecule has 0 spiro atoms. The standard InChI is InChI=1S/C13H14N2O2/c1-8-12(9(2)16)17-13(15-8)11-5-3-10(7-14)4-6-11/h3-6H,7,14H2,1-2H3. The number of rotatable bonds is 3. The van der Waals surface area contributed by atoms with Gasteiger partial charge in [-0.2, -0.15) is 0 Å². The van der Waals surface area contributed by atoms with E-state index in [4.69, 9.17) is 10.2 Å². The number of carbonyl (C=O) groups excluding carboxylic acids is 1. The molecular formula is C13H14N2O2. The normalized spacial score (nSPS) is 10.5. The third-order valence-corrected chi connectivity index (χ3v) is 2.55. The molecule has 1 aromatic carbocycles. The van der Waals surface area contributed by atoms with Crippen LogP contribution in [0.3, 0.4) is 0 Å². The van der Waals surface area contributed by atoms with Crippen LogP contribution < -0.4 is 5.73 Å². The molecule has 0 bridgehead atoms. The lowest BCUT2D eigenvalue weighted by Crippen LogP contribution is -1.95. The van der Waals surface area contributed by atoms with Gasteiger partial charge >= 0.3 is 0 Å². The summed E-state index contributed by atoms with van der Waals surface area (Å²) < 4.78 is 5.44. The first-order valence-corrected chi connectivity index (χ1v) is 5.39. The van der Waals surface area contributed by atoms with E-state index in [2.05, 4.69) is 4.98 Å². The molecule has 0 saturated carbocycles. The van der Waals surface area contributed by atoms with E-state index in [1.165, 1.54) is 6.92 Å². The molecule has 2 rings (SSSR count). The van der Waals surface area contributed by atoms with Gasteiger partial charge in [0.15, 0.2) is 11.5 Å². The molecule has 4 nitrogen and oxygen atoms in total. The van der Waals surface area contributed by atoms with Crippen LogP contribution in [-0.4, -0.2) is 10.8 Å². The van der Waals surface area contributed by atoms with E-state index in [-0.39, 0.29) is 5.78 Å². The van der Waals surface area contributed by atoms with Crippen molar-refractivity contribution in [3.8, 4) is 11.5 Å². The number of oxazole rings is 1. The average molecular weight is 230 g/mol. The summed E-state index contributed by atoms with van der Waals surface area (Å²) in [6, 6.07) is 7.61. The van der Waals surface area contributed by atoms with Crippen LogP contribution in [0.15, 0.2) is 28.7 Å². The molecule has 0 atom stereocenters. The maximum absolute atomic E-state index is 11.3. The Labute approximate surface area is 99.5 Å². The van der Waals surface area contributed by atoms with Crippen molar-refractivity contribution in [3.05, 3.63) is 41.3 Å². The number of benzene rings is 1. The lowest BCUT2D eigenvalue weighted by Gasteiger charge is -1.98. The molecule has 1 aromatic heterocycles. The van der Waals surface area contributed by atoms with Crippen molar-refractivity contribution in [3.63, 3.8) is 0 Å². The van der Waals surface area contributed by atoms with Gasteiger partial charge in [-0.15, -0.1) is 0 Å². The number of hydrogen-bond donors (Lipinski definition) is 1. The number of aryl methyl sites for hydroxylation is 1. The molecule has 0 aliphatic rings. The topological polar surface area (TPSA) is 69.1 Å². The fourth-order valence-corrected chi connectivity index (χ4v) is 1.63. The van der Waals surface area contributed by atoms with Crippen molar-refractivity contribution in [2.24, 2.45) is 5.73 Å². The van der Waals surface area contributed by atoms with E-state index in [0.29, 0.717) is 23.9 Å². The summed E-state index contributed by atoms with van der Waals surface area (Å²) in [5.74, 6) is 0.680. The smallest absolute Gasteiger partial charge is 0.227 e. The minimum Gasteiger partial charge on any atom is -0.433 e. The SMILES string of the molecule is CC(=O)c1oc(-c2ccc(CN)cc2)nc1C. The molecule has 0 fully saturated rings. The van der Waals surface area contributed by atoms with Gasteiger partial charge in [-0.25, -0.2) is 4.98 Å². The Kier molecular flexibility index (Phi) is 3.06. The molecule has 0 saturated heterocycles. The fraction of sp³-hybridized carbons (Fsp3) is 0.231. The molecule has 0 amide bonds. The van der Waals surface area contributed by atoms with Gasteiger partial charge in [-0.3, -0.25) is 4.79 Å². The highest BCUT2D eigenvalue weighted by Crippen LogP contribution is 2.22. The van der Waals surface area contributed by atoms with Crippen molar-refractivity contribution in [2.45, 2.75) is 20.4 Å². The van der Waals surface area contributed by atoms with Crippen LogP contribution in [0.5, 0.6) is 0 Å². The highest BCUT2D eigenvalue weighted by atomic mass is 16.4. The first-order chi connectivity index (χ1) is 8.11. The van der Waals surface area contributed by atoms with E-state index in [0.717, 1.165) is 11.1 Å². The Morgan fingerprint density at radius 3 is 2.47 bits per heavy atom. The maximum atomic E-state index is 11.3. The van der Waals surface area contributed by atoms with E-state index in [1.807, 2.05) is 24.3 Å². The highest BCUT2D eigenvalue weighted by Gasteiger charge is 2.14. The molecule has 1 heterocycles. The van der Waals surface area contributed by atoms with E-state index >= 15 is 0 Å². The Morgan fingerprint density at radius 1 is 1.35 bits per heavy atom. The fourth-order valence-electron chi connectivity index (χ4n) is 1.63. The minimum atomic E-state index is -0.111. The second-order valence-electron chi connectivity index (χ2n) is 3.89. The number of aromatic nitrogens is 1. The third-order valence-electron chi connectivity index (χ3n) is 2.55. The van der Waals surface area contributed by atoms with Crippen LogP contribution in [0.25, 0.3) is 11.5 Å². The van der Waals surface area contributed by atoms with Gasteiger partial charge in [0.25, 0.3) is 0 Å². The lowest BCUT2D eigenvalue weighted by molar-refractivity contribution is 0.0987. The van der Waals surface area contributed by atoms with Crippen LogP contribution in [-0.2, 0) is 6.54 Å². The summed E-state index contributed by atoms with van der Waals surface area (Å²) in [6.45, 7) is 3.73. The van der Waals surface area contributed by atoms with Gasteiger partial charge in [0.05, 0.1) is 5.69 Å². The molecule has 2 aromatic rings. The van der Waals surface area contributed by atoms with Gasteiger partial charge in [0.2, 0.25) is 5.89 Å². The summed E-state index contributed by atoms with van der Waals surface area (Å²) in [7, 11) is 0. The quantitative estimate of drug-likeness (QED) is 0.821. The van der Waals surface area contributed by atoms with Crippen LogP contribution in [0.1, 0.15) is 28.7 Å². The number of nitrogens with two attached hydrogens (primary N) is 1. The molecule has 2 N–H and O–H groups in total. The largest absolute Gasteiger partial charge is 0.433 e. The zero-order valence-corrected chi connectivity index (χ0v) is 9.86. The molecule has 0 aliphatic heterocycles. The predicted molar refractivity (Wildman–Crippen MR) is 64.6 cm³/mol. The van der Waals surface area contributed by atoms with Gasteiger partial charge in [0.1, 0.15) is 0 Å². The van der Waals surface area contributed by atoms with Crippen LogP contribution in [0.4, 0.5) is 0 Å². The van der Waals surface area contributed by atoms with E-state index < -0.39 is 0 Å². The zero-order valence-electron chi connectivity index (χ0n) is 9.86. The second-order valence-corrected chi connectivity index (χ2v) is 3.89. The zero-order chi connectivity index (χ0) is 12.4. The Hall–Kier alpha value is -1.94. The van der Waals surface area contributed by atoms with Crippen molar-refractivity contribution in [2.75, 3.05) is 0 Å². The van der Waals surface area contributed by atoms with Crippen molar-refractivity contribution >= 4 is 5.78 Å². The number of carbonyl (C=O) groups is 1. The van der Waals surface area contributed by atoms with Gasteiger partial charge in [-0.1, -0.05) is 12.1 Å². The monoisotopic (exact) mass is 230 g/mol. The maximum Gasteiger partial charge on any atom is 0.227 e. The van der Waals surface area contributed by atoms with Crippen molar-refractivity contribution < 1.29 is 9.21 Å². The molecule has 17 heavy (non-hydrogen) atoms. The first-order valence-electron chi connectivity index (χ1n) is 5.39. The van der Waals surface area contributed by atoms with E-state index in [9.17, 15) is 4.79 Å². The van der Waals surface area contributed by atoms with Crippen LogP contribution >= 0.6 is 0 Å². The van der Waals surface area contributed by atoms with Crippen LogP contribution in [0, 0.1) is 6.92 Å². The Morgan fingerprint density at radius 2 is 2.00 bits per heavy atom. The summed E-state index contributed by atoms with van der Waals surface area (Å²) in [5.41, 5.74) is 8.03. The first kappa shape index (κ1) is 11.5. The van der Waals surface area contributed by atoms with Crippen molar-refractivity contribution in [1.29, 1.82) is 0 Å². The minimum absolute atomic E-state index is 0.111. The number of Topliss-reactive ketones (excluding diaryl/α,β-unsaturated/α-hetero) is 1. The second kappa shape index (κ2) is 4.51. The number of hydrogen-bond acceptors (Lipinski definition) is 4. The molecule has 0 radical (unpaired) electrons. The summed E-state index contributed by atoms with van der Waals surface area (Å²) >= 11 is 0. The predicted octanol–water partition coefficient (Wildman–Crippen LogP) is 2.31. The Bertz CT molecular complexity index is 541. The highest BCUT2D eigenvalue weighted by molar-refractivity contribution is 5.92. The molecule has 88 valence electrons. The van der Waals surface area contributed by atoms with Crippen molar-refractivity contribution in [1.82, 2.24) is 4.98 Å². The third kappa shape index (κ3) is 2.26. The molecule has 4 heteroatoms. The van der Waals surface area contributed by atoms with Gasteiger partial charge in [-0.05, 0) is 24.6 Å². The Balaban J connectivity index is 2.39. The summed E-state index contributed by atoms with van der Waals surface area (Å²) in [5, 5.41) is 0. The summed E-state index contributed by atoms with van der Waals surface area (Å²) in [4.78, 5) is 15.5. The lowest BCUT2D eigenvalue weighted by atomic mass is 10.1. The summed E-state index contributed by atoms with van der Waals surface area (Å²) in [6.07, 6.45) is 0. The van der Waals surface area contributed by atoms with Gasteiger partial charge in [0, 0.05) is 19.0 Å². The molecular weight excluding hydrogens is 216 g/mol. The van der Waals surface area contributed by atoms with E-state index in [1.54, 1.807) is 6.92 Å². The number of nitrogens with zero attached hydrogens (tertiary/aromatic N) is 1. The van der Waals surface area contributed by atoms with Crippen LogP contribution in [0.2, 0.25) is 0 Å².